The molecular weight excluding hydrogens is 276 g/mol. The number of benzene rings is 2. The van der Waals surface area contributed by atoms with E-state index in [1.807, 2.05) is 31.2 Å². The van der Waals surface area contributed by atoms with E-state index in [4.69, 9.17) is 14.8 Å². The number of hydrogen-bond acceptors (Lipinski definition) is 4. The molecule has 3 rings (SSSR count). The first-order valence-corrected chi connectivity index (χ1v) is 7.22. The number of nitriles is 1. The van der Waals surface area contributed by atoms with Crippen LogP contribution >= 0.6 is 0 Å². The predicted octanol–water partition coefficient (Wildman–Crippen LogP) is 3.60. The van der Waals surface area contributed by atoms with E-state index in [-0.39, 0.29) is 6.61 Å². The molecule has 0 radical (unpaired) electrons. The minimum Gasteiger partial charge on any atom is -0.436 e. The Labute approximate surface area is 128 Å². The molecule has 0 aliphatic heterocycles. The molecule has 0 bridgehead atoms. The van der Waals surface area contributed by atoms with Gasteiger partial charge in [0.15, 0.2) is 5.58 Å². The molecule has 0 spiro atoms. The van der Waals surface area contributed by atoms with Crippen LogP contribution in [-0.4, -0.2) is 16.7 Å². The van der Waals surface area contributed by atoms with Crippen LogP contribution < -0.4 is 0 Å². The molecule has 1 N–H and O–H groups in total. The van der Waals surface area contributed by atoms with Gasteiger partial charge in [0.25, 0.3) is 0 Å². The van der Waals surface area contributed by atoms with Gasteiger partial charge in [0, 0.05) is 12.2 Å². The summed E-state index contributed by atoms with van der Waals surface area (Å²) in [6.45, 7) is 2.11. The van der Waals surface area contributed by atoms with E-state index < -0.39 is 0 Å². The van der Waals surface area contributed by atoms with Gasteiger partial charge in [-0.2, -0.15) is 5.26 Å². The molecule has 22 heavy (non-hydrogen) atoms. The Kier molecular flexibility index (Phi) is 3.90. The smallest absolute Gasteiger partial charge is 0.227 e. The van der Waals surface area contributed by atoms with Crippen molar-refractivity contribution >= 4 is 11.1 Å². The van der Waals surface area contributed by atoms with Gasteiger partial charge in [-0.3, -0.25) is 0 Å². The van der Waals surface area contributed by atoms with Crippen molar-refractivity contribution in [3.63, 3.8) is 0 Å². The third-order valence-electron chi connectivity index (χ3n) is 3.63. The molecule has 0 aliphatic carbocycles. The Hall–Kier alpha value is -2.64. The van der Waals surface area contributed by atoms with Crippen LogP contribution in [0.3, 0.4) is 0 Å². The summed E-state index contributed by atoms with van der Waals surface area (Å²) in [6, 6.07) is 13.7. The molecule has 3 aromatic rings. The Morgan fingerprint density at radius 3 is 2.68 bits per heavy atom. The average Bonchev–Trinajstić information content (AvgIpc) is 2.98. The van der Waals surface area contributed by atoms with Gasteiger partial charge in [-0.15, -0.1) is 0 Å². The van der Waals surface area contributed by atoms with Gasteiger partial charge in [-0.05, 0) is 55.2 Å². The third-order valence-corrected chi connectivity index (χ3v) is 3.63. The normalized spacial score (nSPS) is 10.8. The largest absolute Gasteiger partial charge is 0.436 e. The number of aliphatic hydroxyl groups is 1. The summed E-state index contributed by atoms with van der Waals surface area (Å²) in [4.78, 5) is 4.49. The second-order valence-corrected chi connectivity index (χ2v) is 5.30. The maximum atomic E-state index is 9.02. The lowest BCUT2D eigenvalue weighted by molar-refractivity contribution is 0.288. The molecule has 1 heterocycles. The van der Waals surface area contributed by atoms with Crippen LogP contribution in [0.4, 0.5) is 0 Å². The predicted molar refractivity (Wildman–Crippen MR) is 84.3 cm³/mol. The first-order valence-electron chi connectivity index (χ1n) is 7.22. The SMILES string of the molecule is Cc1cc(C#N)cc2nc(-c3ccc(CCCO)cc3)oc12. The summed E-state index contributed by atoms with van der Waals surface area (Å²) in [5, 5.41) is 17.9. The summed E-state index contributed by atoms with van der Waals surface area (Å²) in [6.07, 6.45) is 1.62. The van der Waals surface area contributed by atoms with Crippen LogP contribution in [0.15, 0.2) is 40.8 Å². The Morgan fingerprint density at radius 1 is 1.23 bits per heavy atom. The van der Waals surface area contributed by atoms with Crippen LogP contribution in [-0.2, 0) is 6.42 Å². The number of aryl methyl sites for hydroxylation is 2. The van der Waals surface area contributed by atoms with Crippen LogP contribution in [0.1, 0.15) is 23.1 Å². The molecule has 0 unspecified atom stereocenters. The molecule has 0 amide bonds. The molecule has 2 aromatic carbocycles. The molecule has 4 nitrogen and oxygen atoms in total. The lowest BCUT2D eigenvalue weighted by Gasteiger charge is -2.00. The van der Waals surface area contributed by atoms with Crippen molar-refractivity contribution in [3.05, 3.63) is 53.1 Å². The molecule has 4 heteroatoms. The fraction of sp³-hybridized carbons (Fsp3) is 0.222. The number of oxazole rings is 1. The minimum absolute atomic E-state index is 0.202. The van der Waals surface area contributed by atoms with E-state index in [9.17, 15) is 0 Å². The number of nitrogens with zero attached hydrogens (tertiary/aromatic N) is 2. The summed E-state index contributed by atoms with van der Waals surface area (Å²) in [7, 11) is 0. The zero-order valence-electron chi connectivity index (χ0n) is 12.3. The first-order chi connectivity index (χ1) is 10.7. The minimum atomic E-state index is 0.202. The van der Waals surface area contributed by atoms with Gasteiger partial charge < -0.3 is 9.52 Å². The maximum absolute atomic E-state index is 9.02. The Bertz CT molecular complexity index is 842. The van der Waals surface area contributed by atoms with Crippen molar-refractivity contribution in [2.75, 3.05) is 6.61 Å². The lowest BCUT2D eigenvalue weighted by Crippen LogP contribution is -1.89. The fourth-order valence-electron chi connectivity index (χ4n) is 2.49. The van der Waals surface area contributed by atoms with E-state index >= 15 is 0 Å². The molecular formula is C18H16N2O2. The maximum Gasteiger partial charge on any atom is 0.227 e. The highest BCUT2D eigenvalue weighted by Crippen LogP contribution is 2.27. The molecule has 1 aromatic heterocycles. The molecule has 0 saturated carbocycles. The van der Waals surface area contributed by atoms with E-state index in [2.05, 4.69) is 11.1 Å². The van der Waals surface area contributed by atoms with Crippen molar-refractivity contribution in [1.29, 1.82) is 5.26 Å². The van der Waals surface area contributed by atoms with Crippen LogP contribution in [0.2, 0.25) is 0 Å². The molecule has 0 saturated heterocycles. The molecule has 0 atom stereocenters. The van der Waals surface area contributed by atoms with Crippen molar-refractivity contribution in [2.24, 2.45) is 0 Å². The highest BCUT2D eigenvalue weighted by atomic mass is 16.3. The van der Waals surface area contributed by atoms with Crippen molar-refractivity contribution in [1.82, 2.24) is 4.98 Å². The number of hydrogen-bond donors (Lipinski definition) is 1. The number of rotatable bonds is 4. The molecule has 0 fully saturated rings. The number of aromatic nitrogens is 1. The highest BCUT2D eigenvalue weighted by Gasteiger charge is 2.11. The van der Waals surface area contributed by atoms with Crippen molar-refractivity contribution in [3.8, 4) is 17.5 Å². The second kappa shape index (κ2) is 6.00. The quantitative estimate of drug-likeness (QED) is 0.797. The summed E-state index contributed by atoms with van der Waals surface area (Å²) in [5.74, 6) is 0.557. The Balaban J connectivity index is 1.96. The van der Waals surface area contributed by atoms with Crippen LogP contribution in [0.25, 0.3) is 22.6 Å². The average molecular weight is 292 g/mol. The Morgan fingerprint density at radius 2 is 2.00 bits per heavy atom. The second-order valence-electron chi connectivity index (χ2n) is 5.30. The van der Waals surface area contributed by atoms with Gasteiger partial charge >= 0.3 is 0 Å². The zero-order chi connectivity index (χ0) is 15.5. The standard InChI is InChI=1S/C18H16N2O2/c1-12-9-14(11-19)10-16-17(12)22-18(20-16)15-6-4-13(5-7-15)3-2-8-21/h4-7,9-10,21H,2-3,8H2,1H3. The van der Waals surface area contributed by atoms with E-state index in [1.54, 1.807) is 12.1 Å². The summed E-state index contributed by atoms with van der Waals surface area (Å²) in [5.41, 5.74) is 5.00. The van der Waals surface area contributed by atoms with Crippen molar-refractivity contribution < 1.29 is 9.52 Å². The zero-order valence-corrected chi connectivity index (χ0v) is 12.3. The third kappa shape index (κ3) is 2.72. The van der Waals surface area contributed by atoms with E-state index in [1.165, 1.54) is 5.56 Å². The van der Waals surface area contributed by atoms with Crippen LogP contribution in [0.5, 0.6) is 0 Å². The number of fused-ring (bicyclic) bond motifs is 1. The molecule has 0 aliphatic rings. The highest BCUT2D eigenvalue weighted by molar-refractivity contribution is 5.80. The fourth-order valence-corrected chi connectivity index (χ4v) is 2.49. The first kappa shape index (κ1) is 14.3. The molecule has 110 valence electrons. The van der Waals surface area contributed by atoms with Gasteiger partial charge in [-0.25, -0.2) is 4.98 Å². The van der Waals surface area contributed by atoms with E-state index in [0.29, 0.717) is 17.0 Å². The van der Waals surface area contributed by atoms with Gasteiger partial charge in [0.2, 0.25) is 5.89 Å². The van der Waals surface area contributed by atoms with Gasteiger partial charge in [-0.1, -0.05) is 12.1 Å². The lowest BCUT2D eigenvalue weighted by atomic mass is 10.1. The number of aliphatic hydroxyl groups excluding tert-OH is 1. The van der Waals surface area contributed by atoms with Crippen molar-refractivity contribution in [2.45, 2.75) is 19.8 Å². The topological polar surface area (TPSA) is 70.0 Å². The monoisotopic (exact) mass is 292 g/mol. The van der Waals surface area contributed by atoms with E-state index in [0.717, 1.165) is 29.6 Å². The van der Waals surface area contributed by atoms with Gasteiger partial charge in [0.05, 0.1) is 11.6 Å². The summed E-state index contributed by atoms with van der Waals surface area (Å²) >= 11 is 0. The van der Waals surface area contributed by atoms with Crippen LogP contribution in [0, 0.1) is 18.3 Å². The van der Waals surface area contributed by atoms with Gasteiger partial charge in [0.1, 0.15) is 5.52 Å². The summed E-state index contributed by atoms with van der Waals surface area (Å²) < 4.78 is 5.84.